The molecule has 2 heterocycles. The lowest BCUT2D eigenvalue weighted by Gasteiger charge is -2.34. The molecule has 1 aromatic heterocycles. The molecule has 1 aliphatic heterocycles. The first kappa shape index (κ1) is 13.7. The third-order valence-electron chi connectivity index (χ3n) is 3.41. The molecule has 7 heteroatoms. The van der Waals surface area contributed by atoms with E-state index in [1.807, 2.05) is 14.1 Å². The zero-order valence-electron chi connectivity index (χ0n) is 11.3. The second kappa shape index (κ2) is 5.10. The first-order chi connectivity index (χ1) is 8.97. The van der Waals surface area contributed by atoms with E-state index in [2.05, 4.69) is 15.2 Å². The summed E-state index contributed by atoms with van der Waals surface area (Å²) in [4.78, 5) is 29.8. The minimum atomic E-state index is -0.552. The highest BCUT2D eigenvalue weighted by Gasteiger charge is 2.29. The van der Waals surface area contributed by atoms with Crippen molar-refractivity contribution in [3.63, 3.8) is 0 Å². The van der Waals surface area contributed by atoms with Crippen molar-refractivity contribution in [1.82, 2.24) is 19.8 Å². The SMILES string of the molecule is CNCC1c2nc(C(C)=O)c(O)c(=O)n2CCN1C. The maximum absolute atomic E-state index is 12.1. The Balaban J connectivity index is 2.63. The van der Waals surface area contributed by atoms with E-state index in [9.17, 15) is 14.7 Å². The molecule has 7 nitrogen and oxygen atoms in total. The monoisotopic (exact) mass is 266 g/mol. The van der Waals surface area contributed by atoms with Crippen molar-refractivity contribution >= 4 is 5.78 Å². The summed E-state index contributed by atoms with van der Waals surface area (Å²) in [6, 6.07) is -0.0925. The number of aromatic nitrogens is 2. The molecular formula is C12H18N4O3. The Kier molecular flexibility index (Phi) is 3.68. The highest BCUT2D eigenvalue weighted by atomic mass is 16.3. The zero-order valence-corrected chi connectivity index (χ0v) is 11.3. The van der Waals surface area contributed by atoms with Gasteiger partial charge in [-0.2, -0.15) is 0 Å². The van der Waals surface area contributed by atoms with Crippen LogP contribution >= 0.6 is 0 Å². The molecule has 2 N–H and O–H groups in total. The molecule has 0 saturated carbocycles. The highest BCUT2D eigenvalue weighted by molar-refractivity contribution is 5.94. The molecule has 104 valence electrons. The third-order valence-corrected chi connectivity index (χ3v) is 3.41. The van der Waals surface area contributed by atoms with Crippen LogP contribution in [0, 0.1) is 0 Å². The third kappa shape index (κ3) is 2.26. The van der Waals surface area contributed by atoms with Crippen LogP contribution in [0.4, 0.5) is 0 Å². The van der Waals surface area contributed by atoms with Gasteiger partial charge < -0.3 is 10.4 Å². The van der Waals surface area contributed by atoms with Crippen LogP contribution in [0.15, 0.2) is 4.79 Å². The number of carbonyl (C=O) groups is 1. The topological polar surface area (TPSA) is 87.5 Å². The fourth-order valence-electron chi connectivity index (χ4n) is 2.33. The van der Waals surface area contributed by atoms with Gasteiger partial charge >= 0.3 is 0 Å². The van der Waals surface area contributed by atoms with Crippen molar-refractivity contribution < 1.29 is 9.90 Å². The number of aromatic hydroxyl groups is 1. The van der Waals surface area contributed by atoms with Crippen molar-refractivity contribution in [2.24, 2.45) is 0 Å². The number of hydrogen-bond donors (Lipinski definition) is 2. The molecule has 0 aromatic carbocycles. The number of ketones is 1. The lowest BCUT2D eigenvalue weighted by Crippen LogP contribution is -2.45. The van der Waals surface area contributed by atoms with Gasteiger partial charge in [0.15, 0.2) is 11.5 Å². The fourth-order valence-corrected chi connectivity index (χ4v) is 2.33. The molecule has 1 aliphatic rings. The predicted octanol–water partition coefficient (Wildman–Crippen LogP) is -0.643. The molecule has 0 saturated heterocycles. The van der Waals surface area contributed by atoms with E-state index in [1.54, 1.807) is 0 Å². The summed E-state index contributed by atoms with van der Waals surface area (Å²) in [5.74, 6) is -0.436. The van der Waals surface area contributed by atoms with Crippen molar-refractivity contribution in [2.45, 2.75) is 19.5 Å². The molecule has 0 amide bonds. The Morgan fingerprint density at radius 1 is 1.53 bits per heavy atom. The minimum Gasteiger partial charge on any atom is -0.501 e. The molecule has 0 radical (unpaired) electrons. The van der Waals surface area contributed by atoms with E-state index in [4.69, 9.17) is 0 Å². The van der Waals surface area contributed by atoms with Crippen LogP contribution in [0.2, 0.25) is 0 Å². The van der Waals surface area contributed by atoms with E-state index in [1.165, 1.54) is 11.5 Å². The van der Waals surface area contributed by atoms with Gasteiger partial charge in [0, 0.05) is 26.6 Å². The lowest BCUT2D eigenvalue weighted by atomic mass is 10.1. The van der Waals surface area contributed by atoms with Gasteiger partial charge in [0.05, 0.1) is 6.04 Å². The molecule has 0 spiro atoms. The number of nitrogens with zero attached hydrogens (tertiary/aromatic N) is 3. The summed E-state index contributed by atoms with van der Waals surface area (Å²) in [5, 5.41) is 12.8. The van der Waals surface area contributed by atoms with Gasteiger partial charge in [-0.05, 0) is 14.1 Å². The van der Waals surface area contributed by atoms with Gasteiger partial charge in [0.2, 0.25) is 5.75 Å². The van der Waals surface area contributed by atoms with Crippen LogP contribution < -0.4 is 10.9 Å². The highest BCUT2D eigenvalue weighted by Crippen LogP contribution is 2.22. The van der Waals surface area contributed by atoms with E-state index in [0.717, 1.165) is 0 Å². The van der Waals surface area contributed by atoms with Crippen LogP contribution in [0.25, 0.3) is 0 Å². The number of hydrogen-bond acceptors (Lipinski definition) is 6. The average molecular weight is 266 g/mol. The fraction of sp³-hybridized carbons (Fsp3) is 0.583. The van der Waals surface area contributed by atoms with Gasteiger partial charge in [-0.3, -0.25) is 19.1 Å². The van der Waals surface area contributed by atoms with Gasteiger partial charge in [0.25, 0.3) is 5.56 Å². The summed E-state index contributed by atoms with van der Waals surface area (Å²) in [6.07, 6.45) is 0. The lowest BCUT2D eigenvalue weighted by molar-refractivity contribution is 0.100. The van der Waals surface area contributed by atoms with Crippen molar-refractivity contribution in [1.29, 1.82) is 0 Å². The van der Waals surface area contributed by atoms with Gasteiger partial charge in [0.1, 0.15) is 5.82 Å². The van der Waals surface area contributed by atoms with Crippen LogP contribution in [-0.2, 0) is 6.54 Å². The van der Waals surface area contributed by atoms with Crippen LogP contribution in [0.1, 0.15) is 29.3 Å². The maximum atomic E-state index is 12.1. The Morgan fingerprint density at radius 2 is 2.21 bits per heavy atom. The Hall–Kier alpha value is -1.73. The first-order valence-corrected chi connectivity index (χ1v) is 6.16. The van der Waals surface area contributed by atoms with Crippen LogP contribution in [0.5, 0.6) is 5.75 Å². The van der Waals surface area contributed by atoms with Crippen LogP contribution in [0.3, 0.4) is 0 Å². The molecule has 0 fully saturated rings. The van der Waals surface area contributed by atoms with Gasteiger partial charge in [-0.1, -0.05) is 0 Å². The molecular weight excluding hydrogens is 248 g/mol. The molecule has 0 bridgehead atoms. The Bertz CT molecular complexity index is 567. The second-order valence-corrected chi connectivity index (χ2v) is 4.73. The first-order valence-electron chi connectivity index (χ1n) is 6.16. The van der Waals surface area contributed by atoms with E-state index < -0.39 is 17.1 Å². The number of fused-ring (bicyclic) bond motifs is 1. The summed E-state index contributed by atoms with van der Waals surface area (Å²) in [7, 11) is 3.76. The molecule has 1 aromatic rings. The van der Waals surface area contributed by atoms with Gasteiger partial charge in [-0.25, -0.2) is 4.98 Å². The molecule has 1 atom stereocenters. The second-order valence-electron chi connectivity index (χ2n) is 4.73. The maximum Gasteiger partial charge on any atom is 0.296 e. The van der Waals surface area contributed by atoms with Crippen molar-refractivity contribution in [3.8, 4) is 5.75 Å². The van der Waals surface area contributed by atoms with E-state index in [-0.39, 0.29) is 11.7 Å². The quantitative estimate of drug-likeness (QED) is 0.707. The molecule has 19 heavy (non-hydrogen) atoms. The van der Waals surface area contributed by atoms with E-state index >= 15 is 0 Å². The summed E-state index contributed by atoms with van der Waals surface area (Å²) < 4.78 is 1.45. The van der Waals surface area contributed by atoms with Crippen molar-refractivity contribution in [2.75, 3.05) is 27.2 Å². The summed E-state index contributed by atoms with van der Waals surface area (Å²) in [5.41, 5.74) is -0.683. The number of Topliss-reactive ketones (excluding diaryl/α,β-unsaturated/α-hetero) is 1. The molecule has 2 rings (SSSR count). The standard InChI is InChI=1S/C12H18N4O3/c1-7(17)9-10(18)12(19)16-5-4-15(3)8(6-13-2)11(16)14-9/h8,13,18H,4-6H2,1-3H3. The largest absolute Gasteiger partial charge is 0.501 e. The zero-order chi connectivity index (χ0) is 14.2. The summed E-state index contributed by atoms with van der Waals surface area (Å²) in [6.45, 7) is 3.06. The Morgan fingerprint density at radius 3 is 2.79 bits per heavy atom. The number of rotatable bonds is 3. The van der Waals surface area contributed by atoms with Gasteiger partial charge in [-0.15, -0.1) is 0 Å². The molecule has 0 aliphatic carbocycles. The minimum absolute atomic E-state index is 0.0925. The number of nitrogens with one attached hydrogen (secondary N) is 1. The summed E-state index contributed by atoms with van der Waals surface area (Å²) >= 11 is 0. The van der Waals surface area contributed by atoms with Crippen molar-refractivity contribution in [3.05, 3.63) is 21.9 Å². The predicted molar refractivity (Wildman–Crippen MR) is 69.5 cm³/mol. The number of likely N-dealkylation sites (N-methyl/N-ethyl adjacent to an activating group) is 2. The average Bonchev–Trinajstić information content (AvgIpc) is 2.36. The van der Waals surface area contributed by atoms with E-state index in [0.29, 0.717) is 25.5 Å². The van der Waals surface area contributed by atoms with Crippen LogP contribution in [-0.4, -0.2) is 52.5 Å². The molecule has 1 unspecified atom stereocenters. The normalized spacial score (nSPS) is 19.2. The number of carbonyl (C=O) groups excluding carboxylic acids is 1. The smallest absolute Gasteiger partial charge is 0.296 e. The Labute approximate surface area is 110 Å².